The van der Waals surface area contributed by atoms with E-state index >= 15 is 0 Å². The van der Waals surface area contributed by atoms with Crippen molar-refractivity contribution in [3.8, 4) is 0 Å². The van der Waals surface area contributed by atoms with Gasteiger partial charge in [0.25, 0.3) is 0 Å². The van der Waals surface area contributed by atoms with Crippen LogP contribution in [0.3, 0.4) is 0 Å². The van der Waals surface area contributed by atoms with Crippen LogP contribution in [0.1, 0.15) is 13.3 Å². The molecule has 0 bridgehead atoms. The first-order chi connectivity index (χ1) is 7.15. The van der Waals surface area contributed by atoms with E-state index in [9.17, 15) is 0 Å². The Hall–Kier alpha value is -0.380. The Morgan fingerprint density at radius 2 is 2.13 bits per heavy atom. The monoisotopic (exact) mass is 209 g/mol. The highest BCUT2D eigenvalue weighted by molar-refractivity contribution is 5.05. The molecule has 0 amide bonds. The van der Waals surface area contributed by atoms with Gasteiger partial charge in [-0.3, -0.25) is 4.90 Å². The van der Waals surface area contributed by atoms with Crippen LogP contribution >= 0.6 is 0 Å². The maximum absolute atomic E-state index is 5.87. The third-order valence-electron chi connectivity index (χ3n) is 3.64. The highest BCUT2D eigenvalue weighted by Gasteiger charge is 2.25. The normalized spacial score (nSPS) is 38.7. The van der Waals surface area contributed by atoms with Gasteiger partial charge < -0.3 is 10.6 Å². The zero-order valence-corrected chi connectivity index (χ0v) is 9.89. The zero-order chi connectivity index (χ0) is 10.8. The van der Waals surface area contributed by atoms with Gasteiger partial charge in [-0.25, -0.2) is 0 Å². The molecule has 2 N–H and O–H groups in total. The molecule has 15 heavy (non-hydrogen) atoms. The van der Waals surface area contributed by atoms with Crippen LogP contribution in [0.25, 0.3) is 0 Å². The lowest BCUT2D eigenvalue weighted by Crippen LogP contribution is -2.51. The first-order valence-electron chi connectivity index (χ1n) is 6.01. The summed E-state index contributed by atoms with van der Waals surface area (Å²) in [4.78, 5) is 5.02. The third-order valence-corrected chi connectivity index (χ3v) is 3.64. The summed E-state index contributed by atoms with van der Waals surface area (Å²) in [6, 6.07) is 0.992. The molecule has 86 valence electrons. The summed E-state index contributed by atoms with van der Waals surface area (Å²) in [6.07, 6.45) is 5.60. The molecule has 0 aromatic carbocycles. The van der Waals surface area contributed by atoms with Gasteiger partial charge in [-0.15, -0.1) is 0 Å². The molecule has 1 saturated heterocycles. The van der Waals surface area contributed by atoms with Crippen LogP contribution in [0.2, 0.25) is 0 Å². The van der Waals surface area contributed by atoms with Gasteiger partial charge in [0, 0.05) is 38.3 Å². The van der Waals surface area contributed by atoms with Crippen LogP contribution in [0.15, 0.2) is 12.2 Å². The lowest BCUT2D eigenvalue weighted by atomic mass is 10.1. The van der Waals surface area contributed by atoms with Crippen molar-refractivity contribution in [2.45, 2.75) is 25.4 Å². The Balaban J connectivity index is 1.82. The molecule has 1 heterocycles. The van der Waals surface area contributed by atoms with E-state index in [4.69, 9.17) is 5.73 Å². The summed E-state index contributed by atoms with van der Waals surface area (Å²) in [6.45, 7) is 7.13. The molecule has 1 aliphatic carbocycles. The quantitative estimate of drug-likeness (QED) is 0.673. The molecule has 3 nitrogen and oxygen atoms in total. The van der Waals surface area contributed by atoms with Crippen molar-refractivity contribution < 1.29 is 0 Å². The summed E-state index contributed by atoms with van der Waals surface area (Å²) in [5, 5.41) is 0. The fourth-order valence-electron chi connectivity index (χ4n) is 2.69. The summed E-state index contributed by atoms with van der Waals surface area (Å²) < 4.78 is 0. The fourth-order valence-corrected chi connectivity index (χ4v) is 2.69. The molecule has 1 aliphatic heterocycles. The van der Waals surface area contributed by atoms with Crippen molar-refractivity contribution in [1.82, 2.24) is 9.80 Å². The highest BCUT2D eigenvalue weighted by Crippen LogP contribution is 2.19. The predicted molar refractivity (Wildman–Crippen MR) is 63.8 cm³/mol. The standard InChI is InChI=1S/C12H23N3/c1-10-8-14(2)5-6-15(10)9-11-3-4-12(13)7-11/h3-4,10-12H,5-9,13H2,1-2H3. The summed E-state index contributed by atoms with van der Waals surface area (Å²) in [5.74, 6) is 0.686. The summed E-state index contributed by atoms with van der Waals surface area (Å²) >= 11 is 0. The average molecular weight is 209 g/mol. The first kappa shape index (κ1) is 11.1. The van der Waals surface area contributed by atoms with Crippen LogP contribution in [-0.4, -0.2) is 55.1 Å². The SMILES string of the molecule is CC1CN(C)CCN1CC1C=CC(N)C1. The zero-order valence-electron chi connectivity index (χ0n) is 9.89. The second-order valence-electron chi connectivity index (χ2n) is 5.15. The lowest BCUT2D eigenvalue weighted by Gasteiger charge is -2.39. The molecule has 3 unspecified atom stereocenters. The lowest BCUT2D eigenvalue weighted by molar-refractivity contribution is 0.0904. The Bertz CT molecular complexity index is 239. The minimum absolute atomic E-state index is 0.303. The van der Waals surface area contributed by atoms with E-state index in [1.165, 1.54) is 26.2 Å². The maximum atomic E-state index is 5.87. The molecule has 2 aliphatic rings. The van der Waals surface area contributed by atoms with Crippen molar-refractivity contribution in [2.75, 3.05) is 33.2 Å². The molecular weight excluding hydrogens is 186 g/mol. The van der Waals surface area contributed by atoms with Gasteiger partial charge in [-0.1, -0.05) is 12.2 Å². The van der Waals surface area contributed by atoms with Crippen molar-refractivity contribution in [1.29, 1.82) is 0 Å². The Morgan fingerprint density at radius 1 is 1.33 bits per heavy atom. The third kappa shape index (κ3) is 2.80. The van der Waals surface area contributed by atoms with Gasteiger partial charge >= 0.3 is 0 Å². The molecule has 0 aromatic rings. The molecule has 0 radical (unpaired) electrons. The Kier molecular flexibility index (Phi) is 3.44. The second-order valence-corrected chi connectivity index (χ2v) is 5.15. The van der Waals surface area contributed by atoms with Gasteiger partial charge in [0.15, 0.2) is 0 Å². The van der Waals surface area contributed by atoms with E-state index in [-0.39, 0.29) is 0 Å². The van der Waals surface area contributed by atoms with Gasteiger partial charge in [0.2, 0.25) is 0 Å². The highest BCUT2D eigenvalue weighted by atomic mass is 15.3. The number of rotatable bonds is 2. The number of nitrogens with zero attached hydrogens (tertiary/aromatic N) is 2. The number of hydrogen-bond donors (Lipinski definition) is 1. The minimum atomic E-state index is 0.303. The first-order valence-corrected chi connectivity index (χ1v) is 6.01. The van der Waals surface area contributed by atoms with E-state index in [1.807, 2.05) is 0 Å². The molecule has 3 heteroatoms. The molecular formula is C12H23N3. The summed E-state index contributed by atoms with van der Waals surface area (Å²) in [7, 11) is 2.21. The van der Waals surface area contributed by atoms with Crippen LogP contribution in [-0.2, 0) is 0 Å². The predicted octanol–water partition coefficient (Wildman–Crippen LogP) is 0.526. The van der Waals surface area contributed by atoms with E-state index in [0.29, 0.717) is 18.0 Å². The summed E-state index contributed by atoms with van der Waals surface area (Å²) in [5.41, 5.74) is 5.87. The van der Waals surface area contributed by atoms with Crippen molar-refractivity contribution in [3.05, 3.63) is 12.2 Å². The largest absolute Gasteiger partial charge is 0.324 e. The van der Waals surface area contributed by atoms with Gasteiger partial charge in [0.1, 0.15) is 0 Å². The average Bonchev–Trinajstić information content (AvgIpc) is 2.56. The van der Waals surface area contributed by atoms with E-state index < -0.39 is 0 Å². The second kappa shape index (κ2) is 4.64. The Labute approximate surface area is 92.9 Å². The molecule has 1 fully saturated rings. The Morgan fingerprint density at radius 3 is 2.73 bits per heavy atom. The molecule has 0 spiro atoms. The van der Waals surface area contributed by atoms with Crippen molar-refractivity contribution in [2.24, 2.45) is 11.7 Å². The molecule has 0 saturated carbocycles. The van der Waals surface area contributed by atoms with Gasteiger partial charge in [-0.05, 0) is 26.3 Å². The van der Waals surface area contributed by atoms with E-state index in [0.717, 1.165) is 6.42 Å². The van der Waals surface area contributed by atoms with Crippen molar-refractivity contribution in [3.63, 3.8) is 0 Å². The topological polar surface area (TPSA) is 32.5 Å². The van der Waals surface area contributed by atoms with Gasteiger partial charge in [0.05, 0.1) is 0 Å². The van der Waals surface area contributed by atoms with Crippen LogP contribution in [0.4, 0.5) is 0 Å². The number of piperazine rings is 1. The van der Waals surface area contributed by atoms with Crippen LogP contribution in [0, 0.1) is 5.92 Å². The van der Waals surface area contributed by atoms with E-state index in [1.54, 1.807) is 0 Å². The minimum Gasteiger partial charge on any atom is -0.324 e. The maximum Gasteiger partial charge on any atom is 0.0229 e. The molecule has 3 atom stereocenters. The fraction of sp³-hybridized carbons (Fsp3) is 0.833. The smallest absolute Gasteiger partial charge is 0.0229 e. The number of hydrogen-bond acceptors (Lipinski definition) is 3. The molecule has 2 rings (SSSR count). The van der Waals surface area contributed by atoms with E-state index in [2.05, 4.69) is 35.9 Å². The molecule has 0 aromatic heterocycles. The number of nitrogens with two attached hydrogens (primary N) is 1. The van der Waals surface area contributed by atoms with Crippen LogP contribution in [0.5, 0.6) is 0 Å². The van der Waals surface area contributed by atoms with Gasteiger partial charge in [-0.2, -0.15) is 0 Å². The van der Waals surface area contributed by atoms with Crippen molar-refractivity contribution >= 4 is 0 Å². The number of likely N-dealkylation sites (N-methyl/N-ethyl adjacent to an activating group) is 1. The van der Waals surface area contributed by atoms with Crippen LogP contribution < -0.4 is 5.73 Å².